The zero-order chi connectivity index (χ0) is 16.9. The monoisotopic (exact) mass is 322 g/mol. The molecule has 0 aliphatic heterocycles. The number of fused-ring (bicyclic) bond motifs is 1. The van der Waals surface area contributed by atoms with Crippen LogP contribution in [-0.4, -0.2) is 22.4 Å². The number of H-pyrrole nitrogens is 1. The molecule has 4 N–H and O–H groups in total. The van der Waals surface area contributed by atoms with Gasteiger partial charge in [0.05, 0.1) is 11.1 Å². The Kier molecular flexibility index (Phi) is 4.91. The first kappa shape index (κ1) is 16.2. The number of primary amides is 1. The van der Waals surface area contributed by atoms with Crippen molar-refractivity contribution in [3.63, 3.8) is 0 Å². The summed E-state index contributed by atoms with van der Waals surface area (Å²) in [5.74, 6) is 0.274. The van der Waals surface area contributed by atoms with E-state index in [2.05, 4.69) is 34.3 Å². The summed E-state index contributed by atoms with van der Waals surface area (Å²) in [5, 5.41) is 3.43. The lowest BCUT2D eigenvalue weighted by Gasteiger charge is -2.04. The molecule has 3 rings (SSSR count). The molecule has 0 atom stereocenters. The number of para-hydroxylation sites is 1. The van der Waals surface area contributed by atoms with Gasteiger partial charge in [0.15, 0.2) is 0 Å². The molecule has 3 aromatic rings. The van der Waals surface area contributed by atoms with Gasteiger partial charge in [-0.15, -0.1) is 0 Å². The first-order chi connectivity index (χ1) is 11.7. The average molecular weight is 322 g/mol. The van der Waals surface area contributed by atoms with E-state index in [0.717, 1.165) is 30.0 Å². The largest absolute Gasteiger partial charge is 0.366 e. The predicted molar refractivity (Wildman–Crippen MR) is 96.7 cm³/mol. The number of imidazole rings is 1. The van der Waals surface area contributed by atoms with Gasteiger partial charge in [0.1, 0.15) is 11.3 Å². The smallest absolute Gasteiger partial charge is 0.250 e. The van der Waals surface area contributed by atoms with Gasteiger partial charge in [-0.25, -0.2) is 4.98 Å². The zero-order valence-electron chi connectivity index (χ0n) is 13.8. The number of rotatable bonds is 7. The number of amides is 1. The number of aromatic nitrogens is 2. The fourth-order valence-electron chi connectivity index (χ4n) is 2.68. The maximum atomic E-state index is 11.5. The molecule has 5 nitrogen and oxygen atoms in total. The fourth-order valence-corrected chi connectivity index (χ4v) is 2.68. The number of hydrogen-bond donors (Lipinski definition) is 3. The highest BCUT2D eigenvalue weighted by atomic mass is 16.1. The minimum atomic E-state index is -0.466. The Labute approximate surface area is 141 Å². The van der Waals surface area contributed by atoms with Gasteiger partial charge in [-0.3, -0.25) is 4.79 Å². The van der Waals surface area contributed by atoms with E-state index < -0.39 is 5.91 Å². The molecule has 0 bridgehead atoms. The van der Waals surface area contributed by atoms with Gasteiger partial charge < -0.3 is 16.0 Å². The molecule has 1 heterocycles. The standard InChI is InChI=1S/C19H22N4O/c1-2-3-11-21-12-13-7-9-14(10-8-13)19-22-16-6-4-5-15(18(20)24)17(16)23-19/h4-10,21H,2-3,11-12H2,1H3,(H2,20,24)(H,22,23). The molecule has 2 aromatic carbocycles. The van der Waals surface area contributed by atoms with Gasteiger partial charge in [-0.1, -0.05) is 43.7 Å². The topological polar surface area (TPSA) is 83.8 Å². The number of carbonyl (C=O) groups excluding carboxylic acids is 1. The number of hydrogen-bond acceptors (Lipinski definition) is 3. The van der Waals surface area contributed by atoms with E-state index in [1.54, 1.807) is 12.1 Å². The van der Waals surface area contributed by atoms with Crippen LogP contribution in [0.5, 0.6) is 0 Å². The molecule has 0 aliphatic carbocycles. The molecule has 24 heavy (non-hydrogen) atoms. The van der Waals surface area contributed by atoms with Crippen LogP contribution in [0.25, 0.3) is 22.4 Å². The second-order valence-electron chi connectivity index (χ2n) is 5.88. The van der Waals surface area contributed by atoms with E-state index in [1.807, 2.05) is 18.2 Å². The van der Waals surface area contributed by atoms with Crippen LogP contribution >= 0.6 is 0 Å². The third-order valence-electron chi connectivity index (χ3n) is 4.04. The lowest BCUT2D eigenvalue weighted by molar-refractivity contribution is 0.100. The van der Waals surface area contributed by atoms with Gasteiger partial charge in [0, 0.05) is 12.1 Å². The van der Waals surface area contributed by atoms with E-state index in [1.165, 1.54) is 18.4 Å². The Bertz CT molecular complexity index is 836. The summed E-state index contributed by atoms with van der Waals surface area (Å²) in [6.07, 6.45) is 2.39. The SMILES string of the molecule is CCCCNCc1ccc(-c2nc3c(C(N)=O)cccc3[nH]2)cc1. The number of carbonyl (C=O) groups is 1. The maximum absolute atomic E-state index is 11.5. The van der Waals surface area contributed by atoms with Crippen molar-refractivity contribution >= 4 is 16.9 Å². The molecule has 0 saturated carbocycles. The molecule has 0 saturated heterocycles. The normalized spacial score (nSPS) is 11.0. The molecular formula is C19H22N4O. The van der Waals surface area contributed by atoms with Crippen molar-refractivity contribution in [2.45, 2.75) is 26.3 Å². The molecule has 1 amide bonds. The molecule has 0 radical (unpaired) electrons. The van der Waals surface area contributed by atoms with Gasteiger partial charge in [-0.05, 0) is 30.7 Å². The number of nitrogens with one attached hydrogen (secondary N) is 2. The summed E-state index contributed by atoms with van der Waals surface area (Å²) in [5.41, 5.74) is 9.51. The lowest BCUT2D eigenvalue weighted by Crippen LogP contribution is -2.14. The highest BCUT2D eigenvalue weighted by Crippen LogP contribution is 2.23. The first-order valence-electron chi connectivity index (χ1n) is 8.27. The van der Waals surface area contributed by atoms with Crippen molar-refractivity contribution in [2.75, 3.05) is 6.54 Å². The van der Waals surface area contributed by atoms with Crippen molar-refractivity contribution in [1.29, 1.82) is 0 Å². The van der Waals surface area contributed by atoms with Crippen molar-refractivity contribution in [2.24, 2.45) is 5.73 Å². The molecule has 0 spiro atoms. The average Bonchev–Trinajstić information content (AvgIpc) is 3.03. The molecule has 0 unspecified atom stereocenters. The molecule has 5 heteroatoms. The maximum Gasteiger partial charge on any atom is 0.250 e. The number of benzene rings is 2. The van der Waals surface area contributed by atoms with Gasteiger partial charge in [-0.2, -0.15) is 0 Å². The summed E-state index contributed by atoms with van der Waals surface area (Å²) >= 11 is 0. The quantitative estimate of drug-likeness (QED) is 0.584. The molecule has 124 valence electrons. The zero-order valence-corrected chi connectivity index (χ0v) is 13.8. The van der Waals surface area contributed by atoms with E-state index in [-0.39, 0.29) is 0 Å². The number of unbranched alkanes of at least 4 members (excludes halogenated alkanes) is 1. The van der Waals surface area contributed by atoms with E-state index >= 15 is 0 Å². The van der Waals surface area contributed by atoms with Crippen LogP contribution in [0.15, 0.2) is 42.5 Å². The minimum absolute atomic E-state index is 0.437. The Morgan fingerprint density at radius 2 is 2.00 bits per heavy atom. The summed E-state index contributed by atoms with van der Waals surface area (Å²) in [6, 6.07) is 13.7. The Morgan fingerprint density at radius 1 is 1.21 bits per heavy atom. The molecule has 1 aromatic heterocycles. The van der Waals surface area contributed by atoms with Crippen molar-refractivity contribution in [3.8, 4) is 11.4 Å². The second kappa shape index (κ2) is 7.27. The number of nitrogens with two attached hydrogens (primary N) is 1. The third kappa shape index (κ3) is 3.46. The van der Waals surface area contributed by atoms with Crippen LogP contribution in [0.3, 0.4) is 0 Å². The van der Waals surface area contributed by atoms with Gasteiger partial charge in [0.2, 0.25) is 0 Å². The molecular weight excluding hydrogens is 300 g/mol. The van der Waals surface area contributed by atoms with E-state index in [9.17, 15) is 4.79 Å². The van der Waals surface area contributed by atoms with Crippen molar-refractivity contribution in [3.05, 3.63) is 53.6 Å². The summed E-state index contributed by atoms with van der Waals surface area (Å²) in [6.45, 7) is 4.09. The van der Waals surface area contributed by atoms with E-state index in [4.69, 9.17) is 5.73 Å². The Morgan fingerprint density at radius 3 is 2.71 bits per heavy atom. The Hall–Kier alpha value is -2.66. The highest BCUT2D eigenvalue weighted by molar-refractivity contribution is 6.04. The van der Waals surface area contributed by atoms with Gasteiger partial charge in [0.25, 0.3) is 5.91 Å². The number of aromatic amines is 1. The fraction of sp³-hybridized carbons (Fsp3) is 0.263. The van der Waals surface area contributed by atoms with Crippen LogP contribution < -0.4 is 11.1 Å². The van der Waals surface area contributed by atoms with Crippen LogP contribution in [0.4, 0.5) is 0 Å². The van der Waals surface area contributed by atoms with Crippen molar-refractivity contribution < 1.29 is 4.79 Å². The number of nitrogens with zero attached hydrogens (tertiary/aromatic N) is 1. The molecule has 0 aliphatic rings. The summed E-state index contributed by atoms with van der Waals surface area (Å²) in [7, 11) is 0. The lowest BCUT2D eigenvalue weighted by atomic mass is 10.1. The Balaban J connectivity index is 1.80. The highest BCUT2D eigenvalue weighted by Gasteiger charge is 2.11. The van der Waals surface area contributed by atoms with Crippen LogP contribution in [0.1, 0.15) is 35.7 Å². The third-order valence-corrected chi connectivity index (χ3v) is 4.04. The summed E-state index contributed by atoms with van der Waals surface area (Å²) < 4.78 is 0. The predicted octanol–water partition coefficient (Wildman–Crippen LogP) is 3.22. The van der Waals surface area contributed by atoms with E-state index in [0.29, 0.717) is 11.1 Å². The summed E-state index contributed by atoms with van der Waals surface area (Å²) in [4.78, 5) is 19.3. The van der Waals surface area contributed by atoms with Crippen LogP contribution in [-0.2, 0) is 6.54 Å². The van der Waals surface area contributed by atoms with Crippen molar-refractivity contribution in [1.82, 2.24) is 15.3 Å². The van der Waals surface area contributed by atoms with Gasteiger partial charge >= 0.3 is 0 Å². The first-order valence-corrected chi connectivity index (χ1v) is 8.27. The van der Waals surface area contributed by atoms with Crippen LogP contribution in [0, 0.1) is 0 Å². The molecule has 0 fully saturated rings. The van der Waals surface area contributed by atoms with Crippen LogP contribution in [0.2, 0.25) is 0 Å². The minimum Gasteiger partial charge on any atom is -0.366 e. The second-order valence-corrected chi connectivity index (χ2v) is 5.88.